The van der Waals surface area contributed by atoms with Crippen LogP contribution in [0.15, 0.2) is 24.3 Å². The van der Waals surface area contributed by atoms with Gasteiger partial charge in [-0.3, -0.25) is 0 Å². The van der Waals surface area contributed by atoms with Crippen LogP contribution >= 0.6 is 11.3 Å². The molecule has 4 heteroatoms. The van der Waals surface area contributed by atoms with Crippen LogP contribution in [0.3, 0.4) is 0 Å². The molecule has 0 radical (unpaired) electrons. The zero-order valence-electron chi connectivity index (χ0n) is 11.7. The summed E-state index contributed by atoms with van der Waals surface area (Å²) in [6.07, 6.45) is 1.87. The Kier molecular flexibility index (Phi) is 4.93. The first-order valence-corrected chi connectivity index (χ1v) is 7.33. The summed E-state index contributed by atoms with van der Waals surface area (Å²) in [6.45, 7) is 3.06. The number of rotatable bonds is 6. The van der Waals surface area contributed by atoms with Gasteiger partial charge in [0, 0.05) is 17.8 Å². The van der Waals surface area contributed by atoms with Gasteiger partial charge in [-0.05, 0) is 31.2 Å². The normalized spacial score (nSPS) is 10.7. The zero-order valence-corrected chi connectivity index (χ0v) is 12.5. The fourth-order valence-corrected chi connectivity index (χ4v) is 3.25. The minimum absolute atomic E-state index is 0.874. The van der Waals surface area contributed by atoms with Gasteiger partial charge in [0.05, 0.1) is 17.8 Å². The van der Waals surface area contributed by atoms with Gasteiger partial charge in [-0.25, -0.2) is 4.98 Å². The van der Waals surface area contributed by atoms with Crippen LogP contribution in [0.1, 0.15) is 28.1 Å². The van der Waals surface area contributed by atoms with Gasteiger partial charge in [-0.15, -0.1) is 11.3 Å². The molecule has 0 saturated carbocycles. The second-order valence-electron chi connectivity index (χ2n) is 4.39. The largest absolute Gasteiger partial charge is 0.497 e. The van der Waals surface area contributed by atoms with E-state index in [-0.39, 0.29) is 0 Å². The van der Waals surface area contributed by atoms with Crippen molar-refractivity contribution >= 4 is 11.3 Å². The molecule has 1 N–H and O–H groups in total. The number of aryl methyl sites for hydroxylation is 1. The Balaban J connectivity index is 2.18. The number of ether oxygens (including phenoxy) is 1. The smallest absolute Gasteiger partial charge is 0.119 e. The molecular formula is C15H20N2OS. The molecule has 0 fully saturated rings. The SMILES string of the molecule is CCc1nc(Cc2cccc(OC)c2)sc1CNC. The van der Waals surface area contributed by atoms with E-state index in [9.17, 15) is 0 Å². The molecule has 3 nitrogen and oxygen atoms in total. The summed E-state index contributed by atoms with van der Waals surface area (Å²) in [5, 5.41) is 4.38. The number of thiazole rings is 1. The summed E-state index contributed by atoms with van der Waals surface area (Å²) >= 11 is 1.80. The number of aromatic nitrogens is 1. The molecule has 2 rings (SSSR count). The molecule has 0 amide bonds. The Morgan fingerprint density at radius 3 is 2.89 bits per heavy atom. The molecule has 0 atom stereocenters. The van der Waals surface area contributed by atoms with Crippen LogP contribution in [0.4, 0.5) is 0 Å². The topological polar surface area (TPSA) is 34.1 Å². The molecule has 0 bridgehead atoms. The third-order valence-corrected chi connectivity index (χ3v) is 4.08. The Morgan fingerprint density at radius 2 is 2.21 bits per heavy atom. The summed E-state index contributed by atoms with van der Waals surface area (Å²) in [4.78, 5) is 6.09. The summed E-state index contributed by atoms with van der Waals surface area (Å²) in [5.41, 5.74) is 2.46. The molecule has 1 aromatic carbocycles. The molecule has 0 aliphatic heterocycles. The van der Waals surface area contributed by atoms with E-state index >= 15 is 0 Å². The van der Waals surface area contributed by atoms with E-state index in [0.29, 0.717) is 0 Å². The van der Waals surface area contributed by atoms with Crippen molar-refractivity contribution < 1.29 is 4.74 Å². The van der Waals surface area contributed by atoms with Crippen molar-refractivity contribution in [1.29, 1.82) is 0 Å². The lowest BCUT2D eigenvalue weighted by molar-refractivity contribution is 0.414. The Bertz CT molecular complexity index is 537. The number of hydrogen-bond acceptors (Lipinski definition) is 4. The van der Waals surface area contributed by atoms with Gasteiger partial charge in [0.1, 0.15) is 5.75 Å². The minimum atomic E-state index is 0.874. The predicted molar refractivity (Wildman–Crippen MR) is 80.1 cm³/mol. The van der Waals surface area contributed by atoms with Crippen LogP contribution in [-0.4, -0.2) is 19.1 Å². The summed E-state index contributed by atoms with van der Waals surface area (Å²) in [6, 6.07) is 8.18. The first-order valence-electron chi connectivity index (χ1n) is 6.51. The number of hydrogen-bond donors (Lipinski definition) is 1. The highest BCUT2D eigenvalue weighted by atomic mass is 32.1. The van der Waals surface area contributed by atoms with E-state index in [2.05, 4.69) is 24.4 Å². The minimum Gasteiger partial charge on any atom is -0.497 e. The summed E-state index contributed by atoms with van der Waals surface area (Å²) in [7, 11) is 3.67. The first kappa shape index (κ1) is 14.0. The standard InChI is InChI=1S/C15H20N2OS/c1-4-13-14(10-16-2)19-15(17-13)9-11-6-5-7-12(8-11)18-3/h5-8,16H,4,9-10H2,1-3H3. The number of nitrogens with zero attached hydrogens (tertiary/aromatic N) is 1. The molecule has 102 valence electrons. The van der Waals surface area contributed by atoms with Crippen LogP contribution in [0.5, 0.6) is 5.75 Å². The molecule has 1 heterocycles. The molecular weight excluding hydrogens is 256 g/mol. The van der Waals surface area contributed by atoms with Gasteiger partial charge >= 0.3 is 0 Å². The summed E-state index contributed by atoms with van der Waals surface area (Å²) in [5.74, 6) is 0.903. The van der Waals surface area contributed by atoms with Crippen molar-refractivity contribution in [2.75, 3.05) is 14.2 Å². The molecule has 19 heavy (non-hydrogen) atoms. The van der Waals surface area contributed by atoms with Crippen molar-refractivity contribution in [3.8, 4) is 5.75 Å². The molecule has 1 aromatic heterocycles. The quantitative estimate of drug-likeness (QED) is 0.880. The Morgan fingerprint density at radius 1 is 1.37 bits per heavy atom. The average Bonchev–Trinajstić information content (AvgIpc) is 2.81. The Hall–Kier alpha value is -1.39. The maximum atomic E-state index is 5.25. The van der Waals surface area contributed by atoms with Gasteiger partial charge in [-0.1, -0.05) is 19.1 Å². The monoisotopic (exact) mass is 276 g/mol. The van der Waals surface area contributed by atoms with Crippen molar-refractivity contribution in [3.63, 3.8) is 0 Å². The number of nitrogens with one attached hydrogen (secondary N) is 1. The van der Waals surface area contributed by atoms with Crippen LogP contribution in [0, 0.1) is 0 Å². The lowest BCUT2D eigenvalue weighted by Gasteiger charge is -2.02. The van der Waals surface area contributed by atoms with Crippen LogP contribution in [-0.2, 0) is 19.4 Å². The van der Waals surface area contributed by atoms with Gasteiger partial charge in [-0.2, -0.15) is 0 Å². The Labute approximate surface area is 118 Å². The van der Waals surface area contributed by atoms with E-state index in [1.807, 2.05) is 19.2 Å². The van der Waals surface area contributed by atoms with Crippen LogP contribution in [0.2, 0.25) is 0 Å². The van der Waals surface area contributed by atoms with E-state index in [0.717, 1.165) is 25.1 Å². The van der Waals surface area contributed by atoms with Crippen molar-refractivity contribution in [2.24, 2.45) is 0 Å². The van der Waals surface area contributed by atoms with Crippen molar-refractivity contribution in [3.05, 3.63) is 45.4 Å². The predicted octanol–water partition coefficient (Wildman–Crippen LogP) is 3.02. The van der Waals surface area contributed by atoms with Gasteiger partial charge in [0.25, 0.3) is 0 Å². The zero-order chi connectivity index (χ0) is 13.7. The second kappa shape index (κ2) is 6.68. The highest BCUT2D eigenvalue weighted by Gasteiger charge is 2.09. The molecule has 0 aliphatic carbocycles. The molecule has 0 spiro atoms. The average molecular weight is 276 g/mol. The highest BCUT2D eigenvalue weighted by Crippen LogP contribution is 2.23. The van der Waals surface area contributed by atoms with Gasteiger partial charge < -0.3 is 10.1 Å². The number of methoxy groups -OCH3 is 1. The fourth-order valence-electron chi connectivity index (χ4n) is 2.04. The van der Waals surface area contributed by atoms with E-state index < -0.39 is 0 Å². The van der Waals surface area contributed by atoms with Gasteiger partial charge in [0.15, 0.2) is 0 Å². The van der Waals surface area contributed by atoms with Crippen LogP contribution in [0.25, 0.3) is 0 Å². The van der Waals surface area contributed by atoms with E-state index in [4.69, 9.17) is 9.72 Å². The molecule has 2 aromatic rings. The van der Waals surface area contributed by atoms with E-state index in [1.165, 1.54) is 21.1 Å². The molecule has 0 aliphatic rings. The maximum absolute atomic E-state index is 5.25. The molecule has 0 saturated heterocycles. The van der Waals surface area contributed by atoms with Gasteiger partial charge in [0.2, 0.25) is 0 Å². The lowest BCUT2D eigenvalue weighted by atomic mass is 10.1. The summed E-state index contributed by atoms with van der Waals surface area (Å²) < 4.78 is 5.25. The van der Waals surface area contributed by atoms with Crippen LogP contribution < -0.4 is 10.1 Å². The van der Waals surface area contributed by atoms with E-state index in [1.54, 1.807) is 18.4 Å². The third kappa shape index (κ3) is 3.55. The second-order valence-corrected chi connectivity index (χ2v) is 5.56. The third-order valence-electron chi connectivity index (χ3n) is 2.98. The first-order chi connectivity index (χ1) is 9.26. The fraction of sp³-hybridized carbons (Fsp3) is 0.400. The molecule has 0 unspecified atom stereocenters. The highest BCUT2D eigenvalue weighted by molar-refractivity contribution is 7.11. The lowest BCUT2D eigenvalue weighted by Crippen LogP contribution is -2.05. The number of benzene rings is 1. The van der Waals surface area contributed by atoms with Crippen molar-refractivity contribution in [1.82, 2.24) is 10.3 Å². The maximum Gasteiger partial charge on any atom is 0.119 e. The van der Waals surface area contributed by atoms with Crippen molar-refractivity contribution in [2.45, 2.75) is 26.3 Å².